The predicted octanol–water partition coefficient (Wildman–Crippen LogP) is 4.30. The number of anilines is 1. The van der Waals surface area contributed by atoms with Crippen molar-refractivity contribution in [3.63, 3.8) is 0 Å². The van der Waals surface area contributed by atoms with Gasteiger partial charge in [-0.1, -0.05) is 23.7 Å². The molecule has 5 nitrogen and oxygen atoms in total. The Labute approximate surface area is 161 Å². The van der Waals surface area contributed by atoms with Gasteiger partial charge in [-0.25, -0.2) is 0 Å². The fraction of sp³-hybridized carbons (Fsp3) is 0.158. The van der Waals surface area contributed by atoms with Gasteiger partial charge in [0.05, 0.1) is 11.6 Å². The van der Waals surface area contributed by atoms with Gasteiger partial charge in [0.2, 0.25) is 0 Å². The first-order chi connectivity index (χ1) is 12.5. The minimum absolute atomic E-state index is 0.113. The summed E-state index contributed by atoms with van der Waals surface area (Å²) in [4.78, 5) is 11.6. The van der Waals surface area contributed by atoms with E-state index in [1.807, 2.05) is 49.4 Å². The van der Waals surface area contributed by atoms with E-state index in [0.29, 0.717) is 22.4 Å². The monoisotopic (exact) mass is 387 g/mol. The Balaban J connectivity index is 2.20. The number of hydrogen-bond donors (Lipinski definition) is 2. The number of hydrogen-bond acceptors (Lipinski definition) is 5. The summed E-state index contributed by atoms with van der Waals surface area (Å²) in [7, 11) is 0. The highest BCUT2D eigenvalue weighted by molar-refractivity contribution is 8.02. The number of ether oxygens (including phenoxy) is 1. The second-order valence-electron chi connectivity index (χ2n) is 5.18. The number of amides is 1. The number of nitrogens with one attached hydrogen (secondary N) is 1. The number of nitrogens with zero attached hydrogens (tertiary/aromatic N) is 1. The second kappa shape index (κ2) is 9.76. The van der Waals surface area contributed by atoms with Gasteiger partial charge in [-0.2, -0.15) is 5.26 Å². The summed E-state index contributed by atoms with van der Waals surface area (Å²) in [6.07, 6.45) is 0. The van der Waals surface area contributed by atoms with Crippen molar-refractivity contribution in [3.8, 4) is 11.8 Å². The molecule has 0 bridgehead atoms. The summed E-state index contributed by atoms with van der Waals surface area (Å²) in [6.45, 7) is 2.49. The number of primary amides is 1. The summed E-state index contributed by atoms with van der Waals surface area (Å²) in [5, 5.41) is 13.4. The van der Waals surface area contributed by atoms with Gasteiger partial charge in [-0.05, 0) is 48.9 Å². The molecule has 0 saturated carbocycles. The van der Waals surface area contributed by atoms with Gasteiger partial charge in [0.1, 0.15) is 17.4 Å². The highest BCUT2D eigenvalue weighted by Gasteiger charge is 2.14. The zero-order valence-electron chi connectivity index (χ0n) is 14.2. The second-order valence-corrected chi connectivity index (χ2v) is 6.60. The van der Waals surface area contributed by atoms with Gasteiger partial charge in [0.25, 0.3) is 5.91 Å². The van der Waals surface area contributed by atoms with Gasteiger partial charge < -0.3 is 15.8 Å². The maximum atomic E-state index is 11.6. The van der Waals surface area contributed by atoms with Crippen molar-refractivity contribution in [2.24, 2.45) is 5.73 Å². The molecule has 0 aliphatic heterocycles. The zero-order chi connectivity index (χ0) is 18.9. The van der Waals surface area contributed by atoms with E-state index in [1.54, 1.807) is 12.1 Å². The molecule has 7 heteroatoms. The van der Waals surface area contributed by atoms with Crippen molar-refractivity contribution >= 4 is 35.0 Å². The van der Waals surface area contributed by atoms with E-state index >= 15 is 0 Å². The van der Waals surface area contributed by atoms with Gasteiger partial charge in [0.15, 0.2) is 0 Å². The van der Waals surface area contributed by atoms with Crippen LogP contribution in [0.1, 0.15) is 12.5 Å². The van der Waals surface area contributed by atoms with E-state index in [2.05, 4.69) is 5.32 Å². The third kappa shape index (κ3) is 5.73. The van der Waals surface area contributed by atoms with Crippen molar-refractivity contribution in [1.29, 1.82) is 5.26 Å². The fourth-order valence-electron chi connectivity index (χ4n) is 2.06. The molecule has 0 radical (unpaired) electrons. The van der Waals surface area contributed by atoms with Crippen LogP contribution in [0, 0.1) is 11.3 Å². The number of carbonyl (C=O) groups excluding carboxylic acids is 1. The lowest BCUT2D eigenvalue weighted by molar-refractivity contribution is -0.114. The smallest absolute Gasteiger partial charge is 0.262 e. The van der Waals surface area contributed by atoms with E-state index in [1.165, 1.54) is 11.8 Å². The molecule has 0 spiro atoms. The van der Waals surface area contributed by atoms with Crippen molar-refractivity contribution in [2.75, 3.05) is 11.9 Å². The minimum Gasteiger partial charge on any atom is -0.494 e. The molecule has 0 aromatic heterocycles. The zero-order valence-corrected chi connectivity index (χ0v) is 15.7. The molecule has 0 aliphatic carbocycles. The summed E-state index contributed by atoms with van der Waals surface area (Å²) in [5.41, 5.74) is 6.96. The van der Waals surface area contributed by atoms with Gasteiger partial charge >= 0.3 is 0 Å². The quantitative estimate of drug-likeness (QED) is 0.520. The number of nitrogens with two attached hydrogens (primary N) is 1. The molecule has 1 amide bonds. The van der Waals surface area contributed by atoms with Crippen LogP contribution in [0.15, 0.2) is 59.1 Å². The first-order valence-corrected chi connectivity index (χ1v) is 9.21. The van der Waals surface area contributed by atoms with E-state index in [0.717, 1.165) is 17.0 Å². The summed E-state index contributed by atoms with van der Waals surface area (Å²) >= 11 is 7.21. The Morgan fingerprint density at radius 2 is 1.88 bits per heavy atom. The third-order valence-corrected chi connectivity index (χ3v) is 4.63. The highest BCUT2D eigenvalue weighted by Crippen LogP contribution is 2.27. The number of nitriles is 1. The number of thioether (sulfide) groups is 1. The number of benzene rings is 2. The lowest BCUT2D eigenvalue weighted by Crippen LogP contribution is -2.16. The van der Waals surface area contributed by atoms with Crippen LogP contribution in [0.5, 0.6) is 5.75 Å². The maximum absolute atomic E-state index is 11.6. The summed E-state index contributed by atoms with van der Waals surface area (Å²) in [6, 6.07) is 16.5. The molecule has 26 heavy (non-hydrogen) atoms. The molecular weight excluding hydrogens is 370 g/mol. The van der Waals surface area contributed by atoms with Crippen molar-refractivity contribution in [3.05, 3.63) is 69.7 Å². The van der Waals surface area contributed by atoms with Crippen LogP contribution >= 0.6 is 23.4 Å². The molecule has 2 rings (SSSR count). The average molecular weight is 388 g/mol. The Hall–Kier alpha value is -2.62. The topological polar surface area (TPSA) is 88.1 Å². The minimum atomic E-state index is -0.774. The Morgan fingerprint density at radius 1 is 1.23 bits per heavy atom. The van der Waals surface area contributed by atoms with Crippen LogP contribution in [0.2, 0.25) is 5.02 Å². The number of carbonyl (C=O) groups is 1. The van der Waals surface area contributed by atoms with Crippen molar-refractivity contribution < 1.29 is 9.53 Å². The normalized spacial score (nSPS) is 11.3. The van der Waals surface area contributed by atoms with Crippen LogP contribution in [0.25, 0.3) is 0 Å². The van der Waals surface area contributed by atoms with Crippen LogP contribution in [-0.4, -0.2) is 12.5 Å². The Bertz CT molecular complexity index is 827. The Kier molecular flexibility index (Phi) is 7.39. The highest BCUT2D eigenvalue weighted by atomic mass is 35.5. The predicted molar refractivity (Wildman–Crippen MR) is 106 cm³/mol. The molecule has 3 N–H and O–H groups in total. The number of rotatable bonds is 8. The number of halogens is 1. The summed E-state index contributed by atoms with van der Waals surface area (Å²) in [5.74, 6) is 0.520. The van der Waals surface area contributed by atoms with Gasteiger partial charge in [-0.3, -0.25) is 4.79 Å². The van der Waals surface area contributed by atoms with Gasteiger partial charge in [-0.15, -0.1) is 11.8 Å². The maximum Gasteiger partial charge on any atom is 0.262 e. The van der Waals surface area contributed by atoms with E-state index in [9.17, 15) is 10.1 Å². The largest absolute Gasteiger partial charge is 0.494 e. The van der Waals surface area contributed by atoms with E-state index in [4.69, 9.17) is 22.1 Å². The lowest BCUT2D eigenvalue weighted by Gasteiger charge is -2.13. The standard InChI is InChI=1S/C19H18ClN3O2S/c1-2-25-16-9-7-15(8-10-16)23-19(17(11-21)18(22)24)26-12-13-3-5-14(20)6-4-13/h3-10,23H,2,12H2,1H3,(H2,22,24). The molecule has 2 aromatic carbocycles. The van der Waals surface area contributed by atoms with Crippen LogP contribution < -0.4 is 15.8 Å². The molecule has 0 atom stereocenters. The average Bonchev–Trinajstić information content (AvgIpc) is 2.63. The van der Waals surface area contributed by atoms with Gasteiger partial charge in [0, 0.05) is 16.5 Å². The van der Waals surface area contributed by atoms with E-state index < -0.39 is 5.91 Å². The first kappa shape index (κ1) is 19.7. The van der Waals surface area contributed by atoms with Crippen LogP contribution in [0.4, 0.5) is 5.69 Å². The van der Waals surface area contributed by atoms with E-state index in [-0.39, 0.29) is 5.57 Å². The molecule has 0 unspecified atom stereocenters. The van der Waals surface area contributed by atoms with Crippen LogP contribution in [-0.2, 0) is 10.5 Å². The molecule has 0 heterocycles. The molecule has 2 aromatic rings. The molecular formula is C19H18ClN3O2S. The summed E-state index contributed by atoms with van der Waals surface area (Å²) < 4.78 is 5.41. The fourth-order valence-corrected chi connectivity index (χ4v) is 3.17. The molecule has 0 saturated heterocycles. The van der Waals surface area contributed by atoms with Crippen molar-refractivity contribution in [1.82, 2.24) is 0 Å². The molecule has 0 aliphatic rings. The SMILES string of the molecule is CCOc1ccc(NC(SCc2ccc(Cl)cc2)=C(C#N)C(N)=O)cc1. The van der Waals surface area contributed by atoms with Crippen LogP contribution in [0.3, 0.4) is 0 Å². The lowest BCUT2D eigenvalue weighted by atomic mass is 10.2. The molecule has 0 fully saturated rings. The third-order valence-electron chi connectivity index (χ3n) is 3.30. The first-order valence-electron chi connectivity index (χ1n) is 7.84. The Morgan fingerprint density at radius 3 is 2.42 bits per heavy atom. The van der Waals surface area contributed by atoms with Crippen molar-refractivity contribution in [2.45, 2.75) is 12.7 Å². The molecule has 134 valence electrons.